The van der Waals surface area contributed by atoms with Gasteiger partial charge in [0, 0.05) is 23.0 Å². The van der Waals surface area contributed by atoms with Crippen molar-refractivity contribution in [3.05, 3.63) is 64.3 Å². The lowest BCUT2D eigenvalue weighted by Gasteiger charge is -2.16. The van der Waals surface area contributed by atoms with Gasteiger partial charge in [-0.1, -0.05) is 81.5 Å². The second-order valence-electron chi connectivity index (χ2n) is 9.49. The first-order valence-corrected chi connectivity index (χ1v) is 12.7. The molecule has 4 aromatic rings. The third-order valence-corrected chi connectivity index (χ3v) is 7.06. The second kappa shape index (κ2) is 10.6. The minimum absolute atomic E-state index is 0.202. The molecule has 0 saturated heterocycles. The summed E-state index contributed by atoms with van der Waals surface area (Å²) in [6.45, 7) is 9.93. The Labute approximate surface area is 206 Å². The topological polar surface area (TPSA) is 60.1 Å². The molecule has 0 saturated carbocycles. The van der Waals surface area contributed by atoms with E-state index >= 15 is 0 Å². The monoisotopic (exact) mass is 479 g/mol. The summed E-state index contributed by atoms with van der Waals surface area (Å²) in [4.78, 5) is 13.2. The number of furan rings is 1. The van der Waals surface area contributed by atoms with Gasteiger partial charge >= 0.3 is 0 Å². The Morgan fingerprint density at radius 1 is 1.12 bits per heavy atom. The van der Waals surface area contributed by atoms with E-state index < -0.39 is 0 Å². The van der Waals surface area contributed by atoms with Crippen molar-refractivity contribution in [3.8, 4) is 0 Å². The number of fused-ring (bicyclic) bond motifs is 3. The molecule has 4 rings (SSSR count). The van der Waals surface area contributed by atoms with Crippen molar-refractivity contribution in [2.75, 3.05) is 6.54 Å². The summed E-state index contributed by atoms with van der Waals surface area (Å²) in [6, 6.07) is 13.9. The minimum Gasteiger partial charge on any atom is -0.452 e. The number of aryl methyl sites for hydroxylation is 1. The molecule has 0 radical (unpaired) electrons. The van der Waals surface area contributed by atoms with Crippen LogP contribution in [0.15, 0.2) is 46.9 Å². The van der Waals surface area contributed by atoms with Crippen LogP contribution in [-0.4, -0.2) is 22.2 Å². The standard InChI is InChI=1S/C28H34ClN3O2/c1-5-20(6-2)10-9-19(4)16-30-28(33)25-27-26(23-14-13-22(29)15-24(23)34-27)32(31-25)17-21-11-7-18(3)8-12-21/h7-8,11-15,19-20H,5-6,9-10,16-17H2,1-4H3,(H,30,33). The van der Waals surface area contributed by atoms with E-state index in [0.29, 0.717) is 40.9 Å². The summed E-state index contributed by atoms with van der Waals surface area (Å²) in [5.41, 5.74) is 4.62. The number of hydrogen-bond acceptors (Lipinski definition) is 3. The molecule has 0 aliphatic carbocycles. The molecule has 2 aromatic carbocycles. The van der Waals surface area contributed by atoms with Crippen molar-refractivity contribution in [3.63, 3.8) is 0 Å². The fraction of sp³-hybridized carbons (Fsp3) is 0.429. The molecular weight excluding hydrogens is 446 g/mol. The van der Waals surface area contributed by atoms with Gasteiger partial charge in [-0.25, -0.2) is 0 Å². The summed E-state index contributed by atoms with van der Waals surface area (Å²) < 4.78 is 7.98. The number of aromatic nitrogens is 2. The average molecular weight is 480 g/mol. The molecule has 0 bridgehead atoms. The fourth-order valence-corrected chi connectivity index (χ4v) is 4.65. The molecule has 1 atom stereocenters. The van der Waals surface area contributed by atoms with Crippen molar-refractivity contribution in [2.24, 2.45) is 11.8 Å². The number of hydrogen-bond donors (Lipinski definition) is 1. The normalized spacial score (nSPS) is 12.6. The van der Waals surface area contributed by atoms with E-state index in [1.165, 1.54) is 24.8 Å². The van der Waals surface area contributed by atoms with Crippen molar-refractivity contribution in [1.29, 1.82) is 0 Å². The van der Waals surface area contributed by atoms with E-state index in [1.54, 1.807) is 6.07 Å². The zero-order valence-electron chi connectivity index (χ0n) is 20.5. The van der Waals surface area contributed by atoms with Crippen molar-refractivity contribution < 1.29 is 9.21 Å². The van der Waals surface area contributed by atoms with Crippen LogP contribution in [0.4, 0.5) is 0 Å². The van der Waals surface area contributed by atoms with Gasteiger partial charge in [-0.2, -0.15) is 5.10 Å². The van der Waals surface area contributed by atoms with E-state index in [2.05, 4.69) is 57.3 Å². The van der Waals surface area contributed by atoms with Gasteiger partial charge < -0.3 is 9.73 Å². The molecule has 0 fully saturated rings. The molecule has 1 amide bonds. The third kappa shape index (κ3) is 5.30. The van der Waals surface area contributed by atoms with E-state index in [0.717, 1.165) is 28.8 Å². The maximum atomic E-state index is 13.2. The summed E-state index contributed by atoms with van der Waals surface area (Å²) >= 11 is 6.20. The Bertz CT molecular complexity index is 1270. The number of amides is 1. The highest BCUT2D eigenvalue weighted by molar-refractivity contribution is 6.31. The Morgan fingerprint density at radius 2 is 1.85 bits per heavy atom. The van der Waals surface area contributed by atoms with E-state index in [1.807, 2.05) is 16.8 Å². The lowest BCUT2D eigenvalue weighted by Crippen LogP contribution is -2.29. The third-order valence-electron chi connectivity index (χ3n) is 6.82. The molecular formula is C28H34ClN3O2. The van der Waals surface area contributed by atoms with E-state index in [9.17, 15) is 4.79 Å². The zero-order chi connectivity index (χ0) is 24.2. The largest absolute Gasteiger partial charge is 0.452 e. The number of benzene rings is 2. The molecule has 2 heterocycles. The van der Waals surface area contributed by atoms with Crippen LogP contribution in [-0.2, 0) is 6.54 Å². The van der Waals surface area contributed by atoms with Crippen LogP contribution >= 0.6 is 11.6 Å². The average Bonchev–Trinajstić information content (AvgIpc) is 3.36. The zero-order valence-corrected chi connectivity index (χ0v) is 21.3. The van der Waals surface area contributed by atoms with Gasteiger partial charge in [0.2, 0.25) is 0 Å². The molecule has 1 N–H and O–H groups in total. The van der Waals surface area contributed by atoms with Crippen molar-refractivity contribution >= 4 is 39.6 Å². The lowest BCUT2D eigenvalue weighted by atomic mass is 9.93. The predicted octanol–water partition coefficient (Wildman–Crippen LogP) is 7.37. The van der Waals surface area contributed by atoms with Crippen LogP contribution in [0.2, 0.25) is 5.02 Å². The first kappa shape index (κ1) is 24.3. The van der Waals surface area contributed by atoms with Crippen LogP contribution in [0.3, 0.4) is 0 Å². The van der Waals surface area contributed by atoms with Gasteiger partial charge in [-0.3, -0.25) is 9.48 Å². The molecule has 0 spiro atoms. The van der Waals surface area contributed by atoms with Crippen LogP contribution < -0.4 is 5.32 Å². The Hall–Kier alpha value is -2.79. The predicted molar refractivity (Wildman–Crippen MR) is 140 cm³/mol. The van der Waals surface area contributed by atoms with Gasteiger partial charge in [0.25, 0.3) is 5.91 Å². The Balaban J connectivity index is 1.59. The SMILES string of the molecule is CCC(CC)CCC(C)CNC(=O)c1nn(Cc2ccc(C)cc2)c2c1oc1cc(Cl)ccc12. The van der Waals surface area contributed by atoms with E-state index in [-0.39, 0.29) is 5.91 Å². The lowest BCUT2D eigenvalue weighted by molar-refractivity contribution is 0.0941. The highest BCUT2D eigenvalue weighted by atomic mass is 35.5. The molecule has 5 nitrogen and oxygen atoms in total. The van der Waals surface area contributed by atoms with Crippen LogP contribution in [0.5, 0.6) is 0 Å². The minimum atomic E-state index is -0.202. The maximum Gasteiger partial charge on any atom is 0.275 e. The smallest absolute Gasteiger partial charge is 0.275 e. The number of nitrogens with zero attached hydrogens (tertiary/aromatic N) is 2. The van der Waals surface area contributed by atoms with E-state index in [4.69, 9.17) is 21.1 Å². The quantitative estimate of drug-likeness (QED) is 0.258. The highest BCUT2D eigenvalue weighted by Crippen LogP contribution is 2.33. The number of carbonyl (C=O) groups is 1. The Morgan fingerprint density at radius 3 is 2.56 bits per heavy atom. The molecule has 180 valence electrons. The summed E-state index contributed by atoms with van der Waals surface area (Å²) in [5, 5.41) is 9.28. The fourth-order valence-electron chi connectivity index (χ4n) is 4.49. The Kier molecular flexibility index (Phi) is 7.62. The first-order chi connectivity index (χ1) is 16.4. The van der Waals surface area contributed by atoms with Crippen molar-refractivity contribution in [1.82, 2.24) is 15.1 Å². The highest BCUT2D eigenvalue weighted by Gasteiger charge is 2.24. The first-order valence-electron chi connectivity index (χ1n) is 12.3. The van der Waals surface area contributed by atoms with Crippen LogP contribution in [0.25, 0.3) is 22.1 Å². The second-order valence-corrected chi connectivity index (χ2v) is 9.92. The molecule has 34 heavy (non-hydrogen) atoms. The molecule has 6 heteroatoms. The molecule has 2 aromatic heterocycles. The number of rotatable bonds is 10. The molecule has 0 aliphatic rings. The van der Waals surface area contributed by atoms with Crippen LogP contribution in [0, 0.1) is 18.8 Å². The van der Waals surface area contributed by atoms with Gasteiger partial charge in [0.05, 0.1) is 6.54 Å². The number of halogens is 1. The number of nitrogens with one attached hydrogen (secondary N) is 1. The number of carbonyl (C=O) groups excluding carboxylic acids is 1. The molecule has 0 aliphatic heterocycles. The summed E-state index contributed by atoms with van der Waals surface area (Å²) in [6.07, 6.45) is 4.72. The van der Waals surface area contributed by atoms with Gasteiger partial charge in [-0.15, -0.1) is 0 Å². The summed E-state index contributed by atoms with van der Waals surface area (Å²) in [5.74, 6) is 0.967. The van der Waals surface area contributed by atoms with Gasteiger partial charge in [0.1, 0.15) is 11.1 Å². The van der Waals surface area contributed by atoms with Gasteiger partial charge in [0.15, 0.2) is 11.3 Å². The maximum absolute atomic E-state index is 13.2. The van der Waals surface area contributed by atoms with Crippen LogP contribution in [0.1, 0.15) is 68.1 Å². The van der Waals surface area contributed by atoms with Crippen molar-refractivity contribution in [2.45, 2.75) is 59.9 Å². The summed E-state index contributed by atoms with van der Waals surface area (Å²) in [7, 11) is 0. The molecule has 1 unspecified atom stereocenters. The van der Waals surface area contributed by atoms with Gasteiger partial charge in [-0.05, 0) is 42.9 Å².